The molecular weight excluding hydrogens is 190 g/mol. The van der Waals surface area contributed by atoms with Gasteiger partial charge in [0, 0.05) is 18.6 Å². The van der Waals surface area contributed by atoms with E-state index in [4.69, 9.17) is 14.7 Å². The summed E-state index contributed by atoms with van der Waals surface area (Å²) in [5.74, 6) is 5.80. The van der Waals surface area contributed by atoms with Crippen molar-refractivity contribution in [1.29, 1.82) is 5.26 Å². The summed E-state index contributed by atoms with van der Waals surface area (Å²) in [5.41, 5.74) is 0.802. The summed E-state index contributed by atoms with van der Waals surface area (Å²) < 4.78 is 10.2. The Balaban J connectivity index is 2.53. The van der Waals surface area contributed by atoms with E-state index in [1.54, 1.807) is 13.2 Å². The zero-order valence-corrected chi connectivity index (χ0v) is 8.49. The minimum Gasteiger partial charge on any atom is -0.491 e. The van der Waals surface area contributed by atoms with Crippen LogP contribution in [0, 0.1) is 23.2 Å². The number of nitrogens with zero attached hydrogens (tertiary/aromatic N) is 1. The number of nitriles is 1. The molecule has 0 aliphatic heterocycles. The van der Waals surface area contributed by atoms with Gasteiger partial charge >= 0.3 is 0 Å². The van der Waals surface area contributed by atoms with Crippen LogP contribution in [-0.2, 0) is 4.74 Å². The maximum absolute atomic E-state index is 8.26. The van der Waals surface area contributed by atoms with E-state index in [-0.39, 0.29) is 0 Å². The molecule has 0 aromatic heterocycles. The van der Waals surface area contributed by atoms with Crippen LogP contribution in [0.1, 0.15) is 5.56 Å². The van der Waals surface area contributed by atoms with Crippen LogP contribution in [-0.4, -0.2) is 20.3 Å². The molecule has 0 unspecified atom stereocenters. The fourth-order valence-corrected chi connectivity index (χ4v) is 0.977. The van der Waals surface area contributed by atoms with Gasteiger partial charge in [0.05, 0.1) is 6.61 Å². The van der Waals surface area contributed by atoms with E-state index in [9.17, 15) is 0 Å². The highest BCUT2D eigenvalue weighted by Crippen LogP contribution is 2.11. The average Bonchev–Trinajstić information content (AvgIpc) is 2.28. The predicted molar refractivity (Wildman–Crippen MR) is 56.3 cm³/mol. The molecular formula is C12H11NO2. The van der Waals surface area contributed by atoms with Crippen molar-refractivity contribution < 1.29 is 9.47 Å². The molecule has 0 aliphatic rings. The molecule has 76 valence electrons. The lowest BCUT2D eigenvalue weighted by Gasteiger charge is -2.04. The fourth-order valence-electron chi connectivity index (χ4n) is 0.977. The number of rotatable bonds is 4. The second-order valence-corrected chi connectivity index (χ2v) is 2.73. The zero-order chi connectivity index (χ0) is 10.9. The van der Waals surface area contributed by atoms with Gasteiger partial charge in [-0.25, -0.2) is 0 Å². The van der Waals surface area contributed by atoms with Crippen LogP contribution in [0.25, 0.3) is 0 Å². The van der Waals surface area contributed by atoms with Crippen LogP contribution in [0.2, 0.25) is 0 Å². The summed E-state index contributed by atoms with van der Waals surface area (Å²) in [6.45, 7) is 1.09. The number of hydrogen-bond acceptors (Lipinski definition) is 3. The van der Waals surface area contributed by atoms with E-state index in [1.807, 2.05) is 24.3 Å². The zero-order valence-electron chi connectivity index (χ0n) is 8.49. The summed E-state index contributed by atoms with van der Waals surface area (Å²) >= 11 is 0. The predicted octanol–water partition coefficient (Wildman–Crippen LogP) is 1.59. The summed E-state index contributed by atoms with van der Waals surface area (Å²) in [6, 6.07) is 9.02. The van der Waals surface area contributed by atoms with Crippen LogP contribution in [0.5, 0.6) is 5.75 Å². The minimum absolute atomic E-state index is 0.528. The van der Waals surface area contributed by atoms with Crippen molar-refractivity contribution in [2.24, 2.45) is 0 Å². The molecule has 0 amide bonds. The van der Waals surface area contributed by atoms with Gasteiger partial charge < -0.3 is 9.47 Å². The first kappa shape index (κ1) is 11.1. The molecule has 0 aliphatic carbocycles. The van der Waals surface area contributed by atoms with Crippen molar-refractivity contribution in [2.75, 3.05) is 20.3 Å². The lowest BCUT2D eigenvalue weighted by molar-refractivity contribution is 0.146. The molecule has 0 saturated carbocycles. The summed E-state index contributed by atoms with van der Waals surface area (Å²) in [7, 11) is 1.63. The Hall–Kier alpha value is -1.97. The SMILES string of the molecule is COCCOc1ccc(C#CC#N)cc1. The maximum atomic E-state index is 8.26. The number of hydrogen-bond donors (Lipinski definition) is 0. The highest BCUT2D eigenvalue weighted by molar-refractivity contribution is 5.40. The van der Waals surface area contributed by atoms with Gasteiger partial charge in [0.2, 0.25) is 0 Å². The lowest BCUT2D eigenvalue weighted by Crippen LogP contribution is -2.03. The Bertz CT molecular complexity index is 392. The van der Waals surface area contributed by atoms with Crippen molar-refractivity contribution in [1.82, 2.24) is 0 Å². The van der Waals surface area contributed by atoms with Gasteiger partial charge in [-0.2, -0.15) is 5.26 Å². The molecule has 0 spiro atoms. The van der Waals surface area contributed by atoms with Crippen molar-refractivity contribution >= 4 is 0 Å². The van der Waals surface area contributed by atoms with Crippen LogP contribution < -0.4 is 4.74 Å². The van der Waals surface area contributed by atoms with E-state index in [1.165, 1.54) is 0 Å². The highest BCUT2D eigenvalue weighted by Gasteiger charge is 1.92. The van der Waals surface area contributed by atoms with Crippen molar-refractivity contribution in [3.63, 3.8) is 0 Å². The van der Waals surface area contributed by atoms with Gasteiger partial charge in [-0.3, -0.25) is 0 Å². The first-order valence-corrected chi connectivity index (χ1v) is 4.48. The summed E-state index contributed by atoms with van der Waals surface area (Å²) in [5, 5.41) is 8.26. The standard InChI is InChI=1S/C12H11NO2/c1-14-9-10-15-12-6-4-11(5-7-12)3-2-8-13/h4-7H,9-10H2,1H3. The Labute approximate surface area is 89.2 Å². The third-order valence-electron chi connectivity index (χ3n) is 1.67. The molecule has 15 heavy (non-hydrogen) atoms. The van der Waals surface area contributed by atoms with Gasteiger partial charge in [0.15, 0.2) is 6.07 Å². The second-order valence-electron chi connectivity index (χ2n) is 2.73. The molecule has 1 aromatic rings. The third-order valence-corrected chi connectivity index (χ3v) is 1.67. The van der Waals surface area contributed by atoms with E-state index < -0.39 is 0 Å². The van der Waals surface area contributed by atoms with Crippen LogP contribution >= 0.6 is 0 Å². The third kappa shape index (κ3) is 4.17. The van der Waals surface area contributed by atoms with E-state index in [0.717, 1.165) is 11.3 Å². The smallest absolute Gasteiger partial charge is 0.152 e. The van der Waals surface area contributed by atoms with E-state index in [0.29, 0.717) is 13.2 Å². The Morgan fingerprint density at radius 1 is 1.20 bits per heavy atom. The van der Waals surface area contributed by atoms with Gasteiger partial charge in [0.25, 0.3) is 0 Å². The van der Waals surface area contributed by atoms with Gasteiger partial charge in [-0.15, -0.1) is 0 Å². The largest absolute Gasteiger partial charge is 0.491 e. The Kier molecular flexibility index (Phi) is 4.80. The normalized spacial score (nSPS) is 8.53. The Morgan fingerprint density at radius 3 is 2.53 bits per heavy atom. The molecule has 1 rings (SSSR count). The van der Waals surface area contributed by atoms with Gasteiger partial charge in [-0.1, -0.05) is 5.92 Å². The van der Waals surface area contributed by atoms with E-state index >= 15 is 0 Å². The highest BCUT2D eigenvalue weighted by atomic mass is 16.5. The summed E-state index contributed by atoms with van der Waals surface area (Å²) in [4.78, 5) is 0. The quantitative estimate of drug-likeness (QED) is 0.548. The van der Waals surface area contributed by atoms with Crippen molar-refractivity contribution in [3.8, 4) is 23.7 Å². The lowest BCUT2D eigenvalue weighted by atomic mass is 10.2. The van der Waals surface area contributed by atoms with Crippen LogP contribution in [0.15, 0.2) is 24.3 Å². The molecule has 3 heteroatoms. The molecule has 0 N–H and O–H groups in total. The Morgan fingerprint density at radius 2 is 1.93 bits per heavy atom. The maximum Gasteiger partial charge on any atom is 0.152 e. The molecule has 0 atom stereocenters. The van der Waals surface area contributed by atoms with Crippen LogP contribution in [0.4, 0.5) is 0 Å². The number of methoxy groups -OCH3 is 1. The van der Waals surface area contributed by atoms with Crippen LogP contribution in [0.3, 0.4) is 0 Å². The first-order chi connectivity index (χ1) is 7.36. The van der Waals surface area contributed by atoms with Gasteiger partial charge in [-0.05, 0) is 24.3 Å². The van der Waals surface area contributed by atoms with Crippen molar-refractivity contribution in [2.45, 2.75) is 0 Å². The summed E-state index contributed by atoms with van der Waals surface area (Å²) in [6.07, 6.45) is 0. The van der Waals surface area contributed by atoms with E-state index in [2.05, 4.69) is 11.8 Å². The minimum atomic E-state index is 0.528. The average molecular weight is 201 g/mol. The molecule has 0 heterocycles. The van der Waals surface area contributed by atoms with Crippen molar-refractivity contribution in [3.05, 3.63) is 29.8 Å². The second kappa shape index (κ2) is 6.48. The van der Waals surface area contributed by atoms with Gasteiger partial charge in [0.1, 0.15) is 12.4 Å². The molecule has 0 radical (unpaired) electrons. The number of ether oxygens (including phenoxy) is 2. The molecule has 0 bridgehead atoms. The first-order valence-electron chi connectivity index (χ1n) is 4.48. The monoisotopic (exact) mass is 201 g/mol. The molecule has 3 nitrogen and oxygen atoms in total. The fraction of sp³-hybridized carbons (Fsp3) is 0.250. The number of benzene rings is 1. The molecule has 0 fully saturated rings. The topological polar surface area (TPSA) is 42.2 Å². The molecule has 0 saturated heterocycles. The molecule has 1 aromatic carbocycles.